The van der Waals surface area contributed by atoms with Crippen molar-refractivity contribution in [1.82, 2.24) is 0 Å². The first kappa shape index (κ1) is 16.1. The molecule has 0 aromatic heterocycles. The van der Waals surface area contributed by atoms with E-state index in [0.29, 0.717) is 18.0 Å². The topological polar surface area (TPSA) is 29.5 Å². The number of hydrogen-bond acceptors (Lipinski definition) is 2. The number of aryl methyl sites for hydroxylation is 1. The minimum absolute atomic E-state index is 0.0141. The highest BCUT2D eigenvalue weighted by atomic mass is 16.5. The van der Waals surface area contributed by atoms with E-state index in [2.05, 4.69) is 13.8 Å². The molecule has 22 heavy (non-hydrogen) atoms. The van der Waals surface area contributed by atoms with E-state index in [1.54, 1.807) is 7.11 Å². The first-order valence-corrected chi connectivity index (χ1v) is 7.54. The smallest absolute Gasteiger partial charge is 0.258 e. The van der Waals surface area contributed by atoms with Gasteiger partial charge in [0, 0.05) is 23.9 Å². The first-order chi connectivity index (χ1) is 10.5. The van der Waals surface area contributed by atoms with Crippen molar-refractivity contribution in [3.63, 3.8) is 0 Å². The second-order valence-corrected chi connectivity index (χ2v) is 5.83. The molecule has 0 aliphatic rings. The molecule has 0 bridgehead atoms. The van der Waals surface area contributed by atoms with Gasteiger partial charge in [-0.2, -0.15) is 0 Å². The minimum atomic E-state index is 0.0141. The van der Waals surface area contributed by atoms with Gasteiger partial charge in [-0.15, -0.1) is 0 Å². The Morgan fingerprint density at radius 1 is 1.14 bits per heavy atom. The molecule has 0 heterocycles. The summed E-state index contributed by atoms with van der Waals surface area (Å²) < 4.78 is 5.39. The molecule has 2 aromatic rings. The molecular weight excluding hydrogens is 274 g/mol. The number of carbonyl (C=O) groups is 1. The Labute approximate surface area is 132 Å². The summed E-state index contributed by atoms with van der Waals surface area (Å²) in [4.78, 5) is 14.7. The van der Waals surface area contributed by atoms with E-state index in [9.17, 15) is 4.79 Å². The van der Waals surface area contributed by atoms with Crippen molar-refractivity contribution in [2.24, 2.45) is 5.92 Å². The Hall–Kier alpha value is -2.29. The van der Waals surface area contributed by atoms with Gasteiger partial charge in [0.1, 0.15) is 5.75 Å². The molecular formula is C19H23NO2. The zero-order chi connectivity index (χ0) is 16.1. The van der Waals surface area contributed by atoms with Crippen molar-refractivity contribution < 1.29 is 9.53 Å². The van der Waals surface area contributed by atoms with Crippen LogP contribution in [-0.4, -0.2) is 19.6 Å². The van der Waals surface area contributed by atoms with Crippen LogP contribution in [0.4, 0.5) is 5.69 Å². The summed E-state index contributed by atoms with van der Waals surface area (Å²) in [6.07, 6.45) is 0. The summed E-state index contributed by atoms with van der Waals surface area (Å²) in [6, 6.07) is 15.3. The lowest BCUT2D eigenvalue weighted by atomic mass is 10.1. The largest absolute Gasteiger partial charge is 0.496 e. The maximum Gasteiger partial charge on any atom is 0.258 e. The fourth-order valence-electron chi connectivity index (χ4n) is 2.38. The molecule has 2 rings (SSSR count). The van der Waals surface area contributed by atoms with E-state index in [0.717, 1.165) is 17.0 Å². The molecule has 3 heteroatoms. The second-order valence-electron chi connectivity index (χ2n) is 5.83. The van der Waals surface area contributed by atoms with Gasteiger partial charge in [-0.25, -0.2) is 0 Å². The van der Waals surface area contributed by atoms with E-state index in [4.69, 9.17) is 4.74 Å². The number of rotatable bonds is 5. The van der Waals surface area contributed by atoms with Gasteiger partial charge in [0.2, 0.25) is 0 Å². The van der Waals surface area contributed by atoms with E-state index >= 15 is 0 Å². The first-order valence-electron chi connectivity index (χ1n) is 7.54. The van der Waals surface area contributed by atoms with Crippen LogP contribution in [0.2, 0.25) is 0 Å². The molecule has 0 fully saturated rings. The van der Waals surface area contributed by atoms with Crippen LogP contribution in [0.5, 0.6) is 5.75 Å². The summed E-state index contributed by atoms with van der Waals surface area (Å²) in [5.41, 5.74) is 2.62. The third kappa shape index (κ3) is 3.67. The van der Waals surface area contributed by atoms with Crippen LogP contribution >= 0.6 is 0 Å². The number of anilines is 1. The van der Waals surface area contributed by atoms with Crippen molar-refractivity contribution in [2.45, 2.75) is 20.8 Å². The van der Waals surface area contributed by atoms with Crippen molar-refractivity contribution in [3.05, 3.63) is 59.7 Å². The quantitative estimate of drug-likeness (QED) is 0.823. The number of nitrogens with zero attached hydrogens (tertiary/aromatic N) is 1. The molecule has 0 aliphatic heterocycles. The van der Waals surface area contributed by atoms with E-state index in [-0.39, 0.29) is 5.91 Å². The predicted octanol–water partition coefficient (Wildman–Crippen LogP) is 4.31. The number of hydrogen-bond donors (Lipinski definition) is 0. The number of amides is 1. The molecule has 0 unspecified atom stereocenters. The van der Waals surface area contributed by atoms with Crippen LogP contribution in [0.25, 0.3) is 0 Å². The number of benzene rings is 2. The molecule has 0 saturated carbocycles. The Kier molecular flexibility index (Phi) is 5.21. The minimum Gasteiger partial charge on any atom is -0.496 e. The Balaban J connectivity index is 2.40. The lowest BCUT2D eigenvalue weighted by Crippen LogP contribution is -2.34. The van der Waals surface area contributed by atoms with Gasteiger partial charge in [-0.3, -0.25) is 4.79 Å². The lowest BCUT2D eigenvalue weighted by molar-refractivity contribution is 0.0984. The third-order valence-corrected chi connectivity index (χ3v) is 3.52. The highest BCUT2D eigenvalue weighted by Crippen LogP contribution is 2.26. The average molecular weight is 297 g/mol. The summed E-state index contributed by atoms with van der Waals surface area (Å²) in [6.45, 7) is 6.88. The Morgan fingerprint density at radius 2 is 1.82 bits per heavy atom. The normalized spacial score (nSPS) is 10.6. The molecule has 0 saturated heterocycles. The Bertz CT molecular complexity index is 635. The highest BCUT2D eigenvalue weighted by molar-refractivity contribution is 6.06. The van der Waals surface area contributed by atoms with Crippen LogP contribution in [0.3, 0.4) is 0 Å². The number of carbonyl (C=O) groups excluding carboxylic acids is 1. The van der Waals surface area contributed by atoms with Gasteiger partial charge in [-0.05, 0) is 36.6 Å². The summed E-state index contributed by atoms with van der Waals surface area (Å²) in [7, 11) is 1.65. The van der Waals surface area contributed by atoms with Crippen molar-refractivity contribution in [3.8, 4) is 5.75 Å². The van der Waals surface area contributed by atoms with Crippen LogP contribution < -0.4 is 9.64 Å². The lowest BCUT2D eigenvalue weighted by Gasteiger charge is -2.25. The molecule has 0 radical (unpaired) electrons. The van der Waals surface area contributed by atoms with Gasteiger partial charge in [0.15, 0.2) is 0 Å². The van der Waals surface area contributed by atoms with Crippen LogP contribution in [0.1, 0.15) is 29.8 Å². The van der Waals surface area contributed by atoms with Gasteiger partial charge in [0.05, 0.1) is 7.11 Å². The maximum absolute atomic E-state index is 12.9. The third-order valence-electron chi connectivity index (χ3n) is 3.52. The zero-order valence-corrected chi connectivity index (χ0v) is 13.7. The molecule has 0 atom stereocenters. The molecule has 116 valence electrons. The average Bonchev–Trinajstić information content (AvgIpc) is 2.53. The van der Waals surface area contributed by atoms with Crippen LogP contribution in [-0.2, 0) is 0 Å². The number of methoxy groups -OCH3 is 1. The SMILES string of the molecule is COc1cc(N(CC(C)C)C(=O)c2ccccc2)ccc1C. The highest BCUT2D eigenvalue weighted by Gasteiger charge is 2.19. The molecule has 2 aromatic carbocycles. The maximum atomic E-state index is 12.9. The fraction of sp³-hybridized carbons (Fsp3) is 0.316. The van der Waals surface area contributed by atoms with Crippen LogP contribution in [0.15, 0.2) is 48.5 Å². The van der Waals surface area contributed by atoms with E-state index in [1.165, 1.54) is 0 Å². The van der Waals surface area contributed by atoms with Gasteiger partial charge < -0.3 is 9.64 Å². The van der Waals surface area contributed by atoms with E-state index < -0.39 is 0 Å². The molecule has 0 N–H and O–H groups in total. The summed E-state index contributed by atoms with van der Waals surface area (Å²) in [5.74, 6) is 1.19. The molecule has 3 nitrogen and oxygen atoms in total. The standard InChI is InChI=1S/C19H23NO2/c1-14(2)13-20(19(21)16-8-6-5-7-9-16)17-11-10-15(3)18(12-17)22-4/h5-12,14H,13H2,1-4H3. The molecule has 1 amide bonds. The monoisotopic (exact) mass is 297 g/mol. The van der Waals surface area contributed by atoms with Crippen molar-refractivity contribution >= 4 is 11.6 Å². The summed E-state index contributed by atoms with van der Waals surface area (Å²) >= 11 is 0. The molecule has 0 spiro atoms. The molecule has 0 aliphatic carbocycles. The summed E-state index contributed by atoms with van der Waals surface area (Å²) in [5, 5.41) is 0. The fourth-order valence-corrected chi connectivity index (χ4v) is 2.38. The van der Waals surface area contributed by atoms with Crippen molar-refractivity contribution in [2.75, 3.05) is 18.6 Å². The van der Waals surface area contributed by atoms with E-state index in [1.807, 2.05) is 60.4 Å². The van der Waals surface area contributed by atoms with Gasteiger partial charge >= 0.3 is 0 Å². The predicted molar refractivity (Wildman–Crippen MR) is 90.7 cm³/mol. The van der Waals surface area contributed by atoms with Gasteiger partial charge in [-0.1, -0.05) is 38.1 Å². The Morgan fingerprint density at radius 3 is 2.41 bits per heavy atom. The van der Waals surface area contributed by atoms with Crippen LogP contribution in [0, 0.1) is 12.8 Å². The number of ether oxygens (including phenoxy) is 1. The van der Waals surface area contributed by atoms with Gasteiger partial charge in [0.25, 0.3) is 5.91 Å². The second kappa shape index (κ2) is 7.12. The van der Waals surface area contributed by atoms with Crippen molar-refractivity contribution in [1.29, 1.82) is 0 Å². The zero-order valence-electron chi connectivity index (χ0n) is 13.7.